The van der Waals surface area contributed by atoms with Gasteiger partial charge < -0.3 is 16.8 Å². The number of rotatable bonds is 10. The maximum Gasteiger partial charge on any atom is 0.218 e. The topological polar surface area (TPSA) is 149 Å². The maximum absolute atomic E-state index is 8.22. The molecule has 0 saturated heterocycles. The quantitative estimate of drug-likeness (QED) is 0.104. The first-order chi connectivity index (χ1) is 12.6. The van der Waals surface area contributed by atoms with E-state index in [2.05, 4.69) is 31.1 Å². The van der Waals surface area contributed by atoms with E-state index in [4.69, 9.17) is 28.3 Å². The van der Waals surface area contributed by atoms with E-state index in [-0.39, 0.29) is 11.9 Å². The van der Waals surface area contributed by atoms with Crippen LogP contribution in [0.5, 0.6) is 0 Å². The van der Waals surface area contributed by atoms with Gasteiger partial charge in [0.25, 0.3) is 0 Å². The monoisotopic (exact) mass is 377 g/mol. The first kappa shape index (κ1) is 21.1. The van der Waals surface area contributed by atoms with Gasteiger partial charge in [-0.25, -0.2) is 5.43 Å². The SMILES string of the molecule is N#CNNC=NCCCCCCN=C(N)/N=C(\N)Nc1ccc(Cl)cc1. The van der Waals surface area contributed by atoms with Gasteiger partial charge in [0, 0.05) is 23.8 Å². The normalized spacial score (nSPS) is 12.0. The zero-order chi connectivity index (χ0) is 19.0. The molecule has 26 heavy (non-hydrogen) atoms. The number of halogens is 1. The number of unbranched alkanes of at least 4 members (excludes halogenated alkanes) is 3. The minimum Gasteiger partial charge on any atom is -0.369 e. The molecule has 0 atom stereocenters. The number of benzene rings is 1. The van der Waals surface area contributed by atoms with Crippen molar-refractivity contribution in [1.29, 1.82) is 5.26 Å². The Kier molecular flexibility index (Phi) is 10.8. The van der Waals surface area contributed by atoms with Gasteiger partial charge in [-0.05, 0) is 37.1 Å². The number of hydrazine groups is 1. The van der Waals surface area contributed by atoms with Crippen LogP contribution < -0.4 is 27.6 Å². The Bertz CT molecular complexity index is 647. The van der Waals surface area contributed by atoms with E-state index < -0.39 is 0 Å². The fraction of sp³-hybridized carbons (Fsp3) is 0.375. The molecule has 0 aliphatic carbocycles. The fourth-order valence-electron chi connectivity index (χ4n) is 1.90. The van der Waals surface area contributed by atoms with Crippen LogP contribution in [0.15, 0.2) is 39.2 Å². The van der Waals surface area contributed by atoms with Crippen LogP contribution in [0, 0.1) is 11.5 Å². The maximum atomic E-state index is 8.22. The van der Waals surface area contributed by atoms with E-state index in [9.17, 15) is 0 Å². The number of guanidine groups is 2. The summed E-state index contributed by atoms with van der Waals surface area (Å²) < 4.78 is 0. The lowest BCUT2D eigenvalue weighted by atomic mass is 10.2. The number of nitrogens with one attached hydrogen (secondary N) is 3. The fourth-order valence-corrected chi connectivity index (χ4v) is 2.03. The minimum absolute atomic E-state index is 0.143. The van der Waals surface area contributed by atoms with Crippen LogP contribution in [0.1, 0.15) is 25.7 Å². The Morgan fingerprint density at radius 1 is 1.12 bits per heavy atom. The van der Waals surface area contributed by atoms with Crippen molar-refractivity contribution in [3.63, 3.8) is 0 Å². The van der Waals surface area contributed by atoms with Gasteiger partial charge in [-0.15, -0.1) is 0 Å². The van der Waals surface area contributed by atoms with E-state index in [1.54, 1.807) is 30.5 Å². The van der Waals surface area contributed by atoms with Crippen molar-refractivity contribution in [3.8, 4) is 6.19 Å². The molecule has 0 fully saturated rings. The number of hydrogen-bond acceptors (Lipinski definition) is 4. The summed E-state index contributed by atoms with van der Waals surface area (Å²) in [6.45, 7) is 1.31. The molecule has 0 amide bonds. The predicted octanol–water partition coefficient (Wildman–Crippen LogP) is 1.55. The molecule has 0 aliphatic heterocycles. The van der Waals surface area contributed by atoms with E-state index in [1.807, 2.05) is 0 Å². The molecule has 9 nitrogen and oxygen atoms in total. The molecule has 0 radical (unpaired) electrons. The average Bonchev–Trinajstić information content (AvgIpc) is 2.61. The van der Waals surface area contributed by atoms with E-state index in [0.29, 0.717) is 18.1 Å². The van der Waals surface area contributed by atoms with Gasteiger partial charge in [0.1, 0.15) is 6.34 Å². The number of nitrogens with two attached hydrogens (primary N) is 2. The van der Waals surface area contributed by atoms with Crippen LogP contribution in [-0.2, 0) is 0 Å². The van der Waals surface area contributed by atoms with Crippen molar-refractivity contribution >= 4 is 35.5 Å². The highest BCUT2D eigenvalue weighted by atomic mass is 35.5. The van der Waals surface area contributed by atoms with Gasteiger partial charge >= 0.3 is 0 Å². The molecule has 0 aromatic heterocycles. The van der Waals surface area contributed by atoms with Crippen molar-refractivity contribution < 1.29 is 0 Å². The largest absolute Gasteiger partial charge is 0.369 e. The summed E-state index contributed by atoms with van der Waals surface area (Å²) >= 11 is 5.82. The molecule has 1 rings (SSSR count). The van der Waals surface area contributed by atoms with Gasteiger partial charge in [0.2, 0.25) is 11.9 Å². The smallest absolute Gasteiger partial charge is 0.218 e. The number of nitriles is 1. The molecule has 140 valence electrons. The number of anilines is 1. The van der Waals surface area contributed by atoms with Crippen LogP contribution in [0.4, 0.5) is 5.69 Å². The summed E-state index contributed by atoms with van der Waals surface area (Å²) in [4.78, 5) is 12.3. The zero-order valence-corrected chi connectivity index (χ0v) is 15.2. The molecule has 0 spiro atoms. The summed E-state index contributed by atoms with van der Waals surface area (Å²) in [5, 5.41) is 11.8. The lowest BCUT2D eigenvalue weighted by Gasteiger charge is -2.05. The molecule has 1 aromatic carbocycles. The lowest BCUT2D eigenvalue weighted by Crippen LogP contribution is -2.26. The Morgan fingerprint density at radius 3 is 2.50 bits per heavy atom. The second-order valence-electron chi connectivity index (χ2n) is 5.20. The number of nitrogens with zero attached hydrogens (tertiary/aromatic N) is 4. The molecular formula is C16H24ClN9. The summed E-state index contributed by atoms with van der Waals surface area (Å²) in [5.41, 5.74) is 17.1. The predicted molar refractivity (Wildman–Crippen MR) is 107 cm³/mol. The van der Waals surface area contributed by atoms with Crippen molar-refractivity contribution in [2.75, 3.05) is 18.4 Å². The van der Waals surface area contributed by atoms with Crippen molar-refractivity contribution in [1.82, 2.24) is 10.9 Å². The second-order valence-corrected chi connectivity index (χ2v) is 5.64. The Labute approximate surface area is 158 Å². The van der Waals surface area contributed by atoms with Crippen molar-refractivity contribution in [2.45, 2.75) is 25.7 Å². The van der Waals surface area contributed by atoms with Gasteiger partial charge in [-0.2, -0.15) is 10.3 Å². The molecule has 0 heterocycles. The summed E-state index contributed by atoms with van der Waals surface area (Å²) in [5.74, 6) is 0.315. The highest BCUT2D eigenvalue weighted by molar-refractivity contribution is 6.30. The molecule has 0 aliphatic rings. The van der Waals surface area contributed by atoms with Crippen LogP contribution in [0.2, 0.25) is 5.02 Å². The first-order valence-electron chi connectivity index (χ1n) is 8.16. The summed E-state index contributed by atoms with van der Waals surface area (Å²) in [7, 11) is 0. The molecule has 1 aromatic rings. The molecular weight excluding hydrogens is 354 g/mol. The number of aliphatic imine (C=N–C) groups is 3. The zero-order valence-electron chi connectivity index (χ0n) is 14.5. The van der Waals surface area contributed by atoms with Crippen LogP contribution >= 0.6 is 11.6 Å². The minimum atomic E-state index is 0.143. The van der Waals surface area contributed by atoms with Gasteiger partial charge in [0.05, 0.1) is 0 Å². The Morgan fingerprint density at radius 2 is 1.81 bits per heavy atom. The third-order valence-corrected chi connectivity index (χ3v) is 3.36. The van der Waals surface area contributed by atoms with E-state index in [0.717, 1.165) is 31.4 Å². The summed E-state index contributed by atoms with van der Waals surface area (Å²) in [6, 6.07) is 7.08. The molecule has 10 heteroatoms. The number of hydrogen-bond donors (Lipinski definition) is 5. The van der Waals surface area contributed by atoms with E-state index in [1.165, 1.54) is 6.34 Å². The molecule has 0 bridgehead atoms. The van der Waals surface area contributed by atoms with Crippen LogP contribution in [0.25, 0.3) is 0 Å². The van der Waals surface area contributed by atoms with Crippen molar-refractivity contribution in [3.05, 3.63) is 29.3 Å². The molecule has 7 N–H and O–H groups in total. The van der Waals surface area contributed by atoms with Gasteiger partial charge in [-0.3, -0.25) is 15.4 Å². The highest BCUT2D eigenvalue weighted by Gasteiger charge is 1.97. The highest BCUT2D eigenvalue weighted by Crippen LogP contribution is 2.12. The van der Waals surface area contributed by atoms with Crippen LogP contribution in [0.3, 0.4) is 0 Å². The standard InChI is InChI=1S/C16H24ClN9/c17-13-5-7-14(8-6-13)25-16(20)26-15(19)22-10-4-2-1-3-9-21-12-24-23-11-18/h5-8,12,23H,1-4,9-10H2,(H,21,24)(H5,19,20,22,25,26). The Balaban J connectivity index is 2.16. The third-order valence-electron chi connectivity index (χ3n) is 3.10. The summed E-state index contributed by atoms with van der Waals surface area (Å²) in [6.07, 6.45) is 7.15. The van der Waals surface area contributed by atoms with E-state index >= 15 is 0 Å². The van der Waals surface area contributed by atoms with Crippen LogP contribution in [-0.4, -0.2) is 31.3 Å². The first-order valence-corrected chi connectivity index (χ1v) is 8.54. The Hall–Kier alpha value is -2.99. The van der Waals surface area contributed by atoms with Crippen molar-refractivity contribution in [2.24, 2.45) is 26.4 Å². The molecule has 0 saturated carbocycles. The second kappa shape index (κ2) is 13.3. The molecule has 0 unspecified atom stereocenters. The third kappa shape index (κ3) is 10.7. The average molecular weight is 378 g/mol. The van der Waals surface area contributed by atoms with Gasteiger partial charge in [0.15, 0.2) is 6.19 Å². The van der Waals surface area contributed by atoms with Gasteiger partial charge in [-0.1, -0.05) is 24.4 Å². The lowest BCUT2D eigenvalue weighted by molar-refractivity contribution is 0.653.